The molecular formula is C8H12N2O3S. The van der Waals surface area contributed by atoms with Gasteiger partial charge in [-0.1, -0.05) is 12.1 Å². The highest BCUT2D eigenvalue weighted by atomic mass is 32.2. The first-order chi connectivity index (χ1) is 6.43. The first-order valence-corrected chi connectivity index (χ1v) is 5.36. The van der Waals surface area contributed by atoms with Gasteiger partial charge in [-0.15, -0.1) is 0 Å². The van der Waals surface area contributed by atoms with Gasteiger partial charge >= 0.3 is 10.2 Å². The Morgan fingerprint density at radius 3 is 2.36 bits per heavy atom. The summed E-state index contributed by atoms with van der Waals surface area (Å²) in [7, 11) is -0.740. The van der Waals surface area contributed by atoms with Gasteiger partial charge < -0.3 is 5.11 Å². The van der Waals surface area contributed by atoms with E-state index >= 15 is 0 Å². The van der Waals surface area contributed by atoms with Gasteiger partial charge in [-0.2, -0.15) is 12.7 Å². The summed E-state index contributed by atoms with van der Waals surface area (Å²) in [5.74, 6) is -0.0991. The van der Waals surface area contributed by atoms with E-state index in [0.717, 1.165) is 4.31 Å². The molecule has 0 aliphatic rings. The SMILES string of the molecule is CN(C)S(=O)(=O)Nc1ccccc1O. The molecule has 0 unspecified atom stereocenters. The lowest BCUT2D eigenvalue weighted by Gasteiger charge is -2.13. The van der Waals surface area contributed by atoms with Crippen molar-refractivity contribution >= 4 is 15.9 Å². The molecule has 0 amide bonds. The second kappa shape index (κ2) is 3.85. The van der Waals surface area contributed by atoms with Crippen LogP contribution in [-0.4, -0.2) is 31.9 Å². The Morgan fingerprint density at radius 2 is 1.86 bits per heavy atom. The highest BCUT2D eigenvalue weighted by molar-refractivity contribution is 7.90. The summed E-state index contributed by atoms with van der Waals surface area (Å²) in [6, 6.07) is 6.14. The van der Waals surface area contributed by atoms with Crippen LogP contribution < -0.4 is 4.72 Å². The summed E-state index contributed by atoms with van der Waals surface area (Å²) < 4.78 is 26.0. The molecule has 0 aromatic heterocycles. The molecule has 14 heavy (non-hydrogen) atoms. The van der Waals surface area contributed by atoms with Crippen LogP contribution in [0.1, 0.15) is 0 Å². The minimum absolute atomic E-state index is 0.0991. The highest BCUT2D eigenvalue weighted by Gasteiger charge is 2.14. The highest BCUT2D eigenvalue weighted by Crippen LogP contribution is 2.22. The van der Waals surface area contributed by atoms with Crippen molar-refractivity contribution in [3.05, 3.63) is 24.3 Å². The predicted molar refractivity (Wildman–Crippen MR) is 54.3 cm³/mol. The van der Waals surface area contributed by atoms with Crippen LogP contribution in [0.2, 0.25) is 0 Å². The fraction of sp³-hybridized carbons (Fsp3) is 0.250. The third-order valence-corrected chi connectivity index (χ3v) is 3.06. The number of phenolic OH excluding ortho intramolecular Hbond substituents is 1. The summed E-state index contributed by atoms with van der Waals surface area (Å²) in [5, 5.41) is 9.31. The van der Waals surface area contributed by atoms with E-state index in [0.29, 0.717) is 0 Å². The molecule has 0 aliphatic heterocycles. The van der Waals surface area contributed by atoms with Crippen molar-refractivity contribution in [2.24, 2.45) is 0 Å². The molecule has 0 spiro atoms. The minimum atomic E-state index is -3.55. The van der Waals surface area contributed by atoms with E-state index in [2.05, 4.69) is 4.72 Å². The Balaban J connectivity index is 2.96. The molecule has 6 heteroatoms. The van der Waals surface area contributed by atoms with Gasteiger partial charge in [-0.05, 0) is 12.1 Å². The topological polar surface area (TPSA) is 69.6 Å². The standard InChI is InChI=1S/C8H12N2O3S/c1-10(2)14(12,13)9-7-5-3-4-6-8(7)11/h3-6,9,11H,1-2H3. The van der Waals surface area contributed by atoms with E-state index in [9.17, 15) is 13.5 Å². The maximum Gasteiger partial charge on any atom is 0.301 e. The van der Waals surface area contributed by atoms with E-state index in [1.165, 1.54) is 26.2 Å². The van der Waals surface area contributed by atoms with E-state index in [4.69, 9.17) is 0 Å². The van der Waals surface area contributed by atoms with Crippen LogP contribution in [0.25, 0.3) is 0 Å². The lowest BCUT2D eigenvalue weighted by Crippen LogP contribution is -2.28. The Labute approximate surface area is 83.2 Å². The van der Waals surface area contributed by atoms with Gasteiger partial charge in [0.1, 0.15) is 5.75 Å². The average molecular weight is 216 g/mol. The van der Waals surface area contributed by atoms with Crippen LogP contribution in [0.4, 0.5) is 5.69 Å². The summed E-state index contributed by atoms with van der Waals surface area (Å²) in [4.78, 5) is 0. The molecule has 0 saturated carbocycles. The quantitative estimate of drug-likeness (QED) is 0.727. The van der Waals surface area contributed by atoms with Gasteiger partial charge in [0.15, 0.2) is 0 Å². The van der Waals surface area contributed by atoms with Gasteiger partial charge in [0.05, 0.1) is 5.69 Å². The number of hydrogen-bond donors (Lipinski definition) is 2. The third kappa shape index (κ3) is 2.36. The zero-order chi connectivity index (χ0) is 10.8. The van der Waals surface area contributed by atoms with Crippen molar-refractivity contribution in [3.63, 3.8) is 0 Å². The van der Waals surface area contributed by atoms with Gasteiger partial charge in [0.25, 0.3) is 0 Å². The molecule has 1 rings (SSSR count). The fourth-order valence-corrected chi connectivity index (χ4v) is 1.42. The van der Waals surface area contributed by atoms with E-state index < -0.39 is 10.2 Å². The van der Waals surface area contributed by atoms with Crippen LogP contribution in [0.5, 0.6) is 5.75 Å². The normalized spacial score (nSPS) is 11.6. The Bertz CT molecular complexity index is 414. The number of nitrogens with one attached hydrogen (secondary N) is 1. The molecule has 0 heterocycles. The molecule has 1 aromatic rings. The molecule has 5 nitrogen and oxygen atoms in total. The third-order valence-electron chi connectivity index (χ3n) is 1.62. The minimum Gasteiger partial charge on any atom is -0.506 e. The molecule has 0 atom stereocenters. The van der Waals surface area contributed by atoms with Crippen molar-refractivity contribution in [2.75, 3.05) is 18.8 Å². The molecule has 2 N–H and O–H groups in total. The molecule has 78 valence electrons. The first kappa shape index (κ1) is 10.8. The first-order valence-electron chi connectivity index (χ1n) is 3.92. The monoisotopic (exact) mass is 216 g/mol. The second-order valence-electron chi connectivity index (χ2n) is 2.91. The van der Waals surface area contributed by atoms with Crippen LogP contribution >= 0.6 is 0 Å². The Kier molecular flexibility index (Phi) is 2.97. The lowest BCUT2D eigenvalue weighted by molar-refractivity contribution is 0.477. The summed E-state index contributed by atoms with van der Waals surface area (Å²) in [6.07, 6.45) is 0. The van der Waals surface area contributed by atoms with Gasteiger partial charge in [-0.25, -0.2) is 0 Å². The molecule has 0 radical (unpaired) electrons. The molecular weight excluding hydrogens is 204 g/mol. The number of benzene rings is 1. The number of aromatic hydroxyl groups is 1. The number of phenols is 1. The number of para-hydroxylation sites is 2. The van der Waals surface area contributed by atoms with E-state index in [-0.39, 0.29) is 11.4 Å². The second-order valence-corrected chi connectivity index (χ2v) is 4.79. The molecule has 0 bridgehead atoms. The van der Waals surface area contributed by atoms with Gasteiger partial charge in [0, 0.05) is 14.1 Å². The predicted octanol–water partition coefficient (Wildman–Crippen LogP) is 0.610. The fourth-order valence-electron chi connectivity index (χ4n) is 0.790. The molecule has 0 saturated heterocycles. The van der Waals surface area contributed by atoms with Crippen molar-refractivity contribution in [1.82, 2.24) is 4.31 Å². The maximum atomic E-state index is 11.4. The average Bonchev–Trinajstić information content (AvgIpc) is 2.08. The number of rotatable bonds is 3. The summed E-state index contributed by atoms with van der Waals surface area (Å²) >= 11 is 0. The van der Waals surface area contributed by atoms with Gasteiger partial charge in [0.2, 0.25) is 0 Å². The summed E-state index contributed by atoms with van der Waals surface area (Å²) in [6.45, 7) is 0. The zero-order valence-corrected chi connectivity index (χ0v) is 8.75. The molecule has 1 aromatic carbocycles. The number of nitrogens with zero attached hydrogens (tertiary/aromatic N) is 1. The number of anilines is 1. The zero-order valence-electron chi connectivity index (χ0n) is 7.93. The van der Waals surface area contributed by atoms with Crippen LogP contribution in [0.3, 0.4) is 0 Å². The van der Waals surface area contributed by atoms with Gasteiger partial charge in [-0.3, -0.25) is 4.72 Å². The smallest absolute Gasteiger partial charge is 0.301 e. The summed E-state index contributed by atoms with van der Waals surface area (Å²) in [5.41, 5.74) is 0.168. The Hall–Kier alpha value is -1.27. The van der Waals surface area contributed by atoms with Crippen LogP contribution in [0.15, 0.2) is 24.3 Å². The molecule has 0 aliphatic carbocycles. The van der Waals surface area contributed by atoms with Crippen molar-refractivity contribution in [2.45, 2.75) is 0 Å². The maximum absolute atomic E-state index is 11.4. The Morgan fingerprint density at radius 1 is 1.29 bits per heavy atom. The lowest BCUT2D eigenvalue weighted by atomic mass is 10.3. The van der Waals surface area contributed by atoms with Crippen LogP contribution in [0, 0.1) is 0 Å². The van der Waals surface area contributed by atoms with Crippen LogP contribution in [-0.2, 0) is 10.2 Å². The van der Waals surface area contributed by atoms with Crippen molar-refractivity contribution < 1.29 is 13.5 Å². The largest absolute Gasteiger partial charge is 0.506 e. The molecule has 0 fully saturated rings. The van der Waals surface area contributed by atoms with E-state index in [1.54, 1.807) is 12.1 Å². The number of hydrogen-bond acceptors (Lipinski definition) is 3. The van der Waals surface area contributed by atoms with Crippen molar-refractivity contribution in [3.8, 4) is 5.75 Å². The van der Waals surface area contributed by atoms with Crippen molar-refractivity contribution in [1.29, 1.82) is 0 Å². The van der Waals surface area contributed by atoms with E-state index in [1.807, 2.05) is 0 Å².